The molecule has 0 fully saturated rings. The van der Waals surface area contributed by atoms with Crippen LogP contribution in [0.1, 0.15) is 11.1 Å². The minimum absolute atomic E-state index is 0.543. The predicted molar refractivity (Wildman–Crippen MR) is 80.6 cm³/mol. The molecule has 2 heteroatoms. The highest BCUT2D eigenvalue weighted by atomic mass is 16.5. The molecule has 0 aliphatic heterocycles. The molecular weight excluding hydrogens is 234 g/mol. The Labute approximate surface area is 114 Å². The average Bonchev–Trinajstić information content (AvgIpc) is 2.46. The first-order valence-corrected chi connectivity index (χ1v) is 6.41. The van der Waals surface area contributed by atoms with Gasteiger partial charge >= 0.3 is 0 Å². The molecule has 2 rings (SSSR count). The molecule has 2 nitrogen and oxygen atoms in total. The van der Waals surface area contributed by atoms with E-state index in [2.05, 4.69) is 55.2 Å². The van der Waals surface area contributed by atoms with E-state index < -0.39 is 0 Å². The highest BCUT2D eigenvalue weighted by molar-refractivity contribution is 5.45. The molecule has 19 heavy (non-hydrogen) atoms. The van der Waals surface area contributed by atoms with Crippen molar-refractivity contribution in [3.63, 3.8) is 0 Å². The van der Waals surface area contributed by atoms with E-state index in [1.165, 1.54) is 11.1 Å². The summed E-state index contributed by atoms with van der Waals surface area (Å²) in [7, 11) is 0. The van der Waals surface area contributed by atoms with Crippen molar-refractivity contribution in [2.75, 3.05) is 11.9 Å². The Balaban J connectivity index is 1.89. The fraction of sp³-hybridized carbons (Fsp3) is 0.176. The SMILES string of the molecule is C=CCOc1ccc(CNc2ccc(C)cc2)cc1. The minimum Gasteiger partial charge on any atom is -0.490 e. The number of rotatable bonds is 6. The van der Waals surface area contributed by atoms with Gasteiger partial charge < -0.3 is 10.1 Å². The first-order valence-electron chi connectivity index (χ1n) is 6.41. The largest absolute Gasteiger partial charge is 0.490 e. The Morgan fingerprint density at radius 1 is 1.05 bits per heavy atom. The summed E-state index contributed by atoms with van der Waals surface area (Å²) in [6, 6.07) is 16.5. The second kappa shape index (κ2) is 6.64. The van der Waals surface area contributed by atoms with Crippen molar-refractivity contribution in [2.24, 2.45) is 0 Å². The molecule has 0 radical (unpaired) electrons. The van der Waals surface area contributed by atoms with E-state index in [4.69, 9.17) is 4.74 Å². The lowest BCUT2D eigenvalue weighted by molar-refractivity contribution is 0.363. The molecule has 0 atom stereocenters. The summed E-state index contributed by atoms with van der Waals surface area (Å²) >= 11 is 0. The summed E-state index contributed by atoms with van der Waals surface area (Å²) in [5.74, 6) is 0.874. The first kappa shape index (κ1) is 13.2. The van der Waals surface area contributed by atoms with Crippen LogP contribution < -0.4 is 10.1 Å². The van der Waals surface area contributed by atoms with Crippen LogP contribution in [0.15, 0.2) is 61.2 Å². The van der Waals surface area contributed by atoms with Gasteiger partial charge in [-0.2, -0.15) is 0 Å². The molecule has 0 unspecified atom stereocenters. The first-order chi connectivity index (χ1) is 9.28. The third-order valence-corrected chi connectivity index (χ3v) is 2.84. The maximum Gasteiger partial charge on any atom is 0.119 e. The zero-order valence-corrected chi connectivity index (χ0v) is 11.2. The van der Waals surface area contributed by atoms with E-state index in [1.54, 1.807) is 6.08 Å². The topological polar surface area (TPSA) is 21.3 Å². The molecule has 2 aromatic rings. The van der Waals surface area contributed by atoms with Crippen molar-refractivity contribution < 1.29 is 4.74 Å². The summed E-state index contributed by atoms with van der Waals surface area (Å²) in [6.07, 6.45) is 1.74. The lowest BCUT2D eigenvalue weighted by atomic mass is 10.2. The lowest BCUT2D eigenvalue weighted by Gasteiger charge is -2.08. The van der Waals surface area contributed by atoms with Crippen LogP contribution in [0.25, 0.3) is 0 Å². The molecule has 0 saturated heterocycles. The molecule has 0 saturated carbocycles. The summed E-state index contributed by atoms with van der Waals surface area (Å²) in [4.78, 5) is 0. The van der Waals surface area contributed by atoms with Gasteiger partial charge in [-0.05, 0) is 36.8 Å². The van der Waals surface area contributed by atoms with Crippen LogP contribution in [0.4, 0.5) is 5.69 Å². The van der Waals surface area contributed by atoms with Crippen LogP contribution in [0, 0.1) is 6.92 Å². The van der Waals surface area contributed by atoms with Crippen LogP contribution in [0.3, 0.4) is 0 Å². The van der Waals surface area contributed by atoms with Gasteiger partial charge in [0.2, 0.25) is 0 Å². The van der Waals surface area contributed by atoms with Crippen molar-refractivity contribution in [2.45, 2.75) is 13.5 Å². The third kappa shape index (κ3) is 4.18. The third-order valence-electron chi connectivity index (χ3n) is 2.84. The van der Waals surface area contributed by atoms with Gasteiger partial charge in [0, 0.05) is 12.2 Å². The zero-order chi connectivity index (χ0) is 13.5. The Morgan fingerprint density at radius 3 is 2.37 bits per heavy atom. The Hall–Kier alpha value is -2.22. The zero-order valence-electron chi connectivity index (χ0n) is 11.2. The van der Waals surface area contributed by atoms with Crippen LogP contribution in [-0.4, -0.2) is 6.61 Å². The van der Waals surface area contributed by atoms with Crippen molar-refractivity contribution in [3.05, 3.63) is 72.3 Å². The Morgan fingerprint density at radius 2 is 1.74 bits per heavy atom. The Kier molecular flexibility index (Phi) is 4.62. The standard InChI is InChI=1S/C17H19NO/c1-3-12-19-17-10-6-15(7-11-17)13-18-16-8-4-14(2)5-9-16/h3-11,18H,1,12-13H2,2H3. The van der Waals surface area contributed by atoms with Gasteiger partial charge in [-0.15, -0.1) is 0 Å². The van der Waals surface area contributed by atoms with Crippen LogP contribution >= 0.6 is 0 Å². The van der Waals surface area contributed by atoms with Gasteiger partial charge in [0.25, 0.3) is 0 Å². The van der Waals surface area contributed by atoms with E-state index in [0.717, 1.165) is 18.0 Å². The number of anilines is 1. The summed E-state index contributed by atoms with van der Waals surface area (Å²) < 4.78 is 5.45. The molecule has 1 N–H and O–H groups in total. The fourth-order valence-electron chi connectivity index (χ4n) is 1.73. The van der Waals surface area contributed by atoms with Gasteiger partial charge in [-0.1, -0.05) is 42.5 Å². The minimum atomic E-state index is 0.543. The average molecular weight is 253 g/mol. The van der Waals surface area contributed by atoms with Gasteiger partial charge in [0.1, 0.15) is 12.4 Å². The molecule has 0 aromatic heterocycles. The second-order valence-electron chi connectivity index (χ2n) is 4.46. The van der Waals surface area contributed by atoms with E-state index >= 15 is 0 Å². The predicted octanol–water partition coefficient (Wildman–Crippen LogP) is 4.17. The Bertz CT molecular complexity index is 514. The number of ether oxygens (including phenoxy) is 1. The van der Waals surface area contributed by atoms with Gasteiger partial charge in [-0.3, -0.25) is 0 Å². The molecule has 0 aliphatic rings. The monoisotopic (exact) mass is 253 g/mol. The van der Waals surface area contributed by atoms with Crippen molar-refractivity contribution in [1.29, 1.82) is 0 Å². The molecule has 0 amide bonds. The molecular formula is C17H19NO. The highest BCUT2D eigenvalue weighted by Gasteiger charge is 1.96. The van der Waals surface area contributed by atoms with Gasteiger partial charge in [0.05, 0.1) is 0 Å². The molecule has 98 valence electrons. The number of benzene rings is 2. The van der Waals surface area contributed by atoms with Crippen molar-refractivity contribution in [3.8, 4) is 5.75 Å². The maximum absolute atomic E-state index is 5.45. The lowest BCUT2D eigenvalue weighted by Crippen LogP contribution is -1.99. The fourth-order valence-corrected chi connectivity index (χ4v) is 1.73. The van der Waals surface area contributed by atoms with E-state index in [0.29, 0.717) is 6.61 Å². The summed E-state index contributed by atoms with van der Waals surface area (Å²) in [5, 5.41) is 3.39. The quantitative estimate of drug-likeness (QED) is 0.780. The van der Waals surface area contributed by atoms with E-state index in [1.807, 2.05) is 12.1 Å². The van der Waals surface area contributed by atoms with Crippen LogP contribution in [0.2, 0.25) is 0 Å². The van der Waals surface area contributed by atoms with Gasteiger partial charge in [-0.25, -0.2) is 0 Å². The van der Waals surface area contributed by atoms with Crippen LogP contribution in [-0.2, 0) is 6.54 Å². The van der Waals surface area contributed by atoms with E-state index in [9.17, 15) is 0 Å². The highest BCUT2D eigenvalue weighted by Crippen LogP contribution is 2.14. The van der Waals surface area contributed by atoms with Crippen molar-refractivity contribution in [1.82, 2.24) is 0 Å². The number of hydrogen-bond donors (Lipinski definition) is 1. The normalized spacial score (nSPS) is 9.95. The molecule has 2 aromatic carbocycles. The van der Waals surface area contributed by atoms with Gasteiger partial charge in [0.15, 0.2) is 0 Å². The number of aryl methyl sites for hydroxylation is 1. The molecule has 0 heterocycles. The van der Waals surface area contributed by atoms with Crippen molar-refractivity contribution >= 4 is 5.69 Å². The summed E-state index contributed by atoms with van der Waals surface area (Å²) in [6.45, 7) is 7.07. The van der Waals surface area contributed by atoms with E-state index in [-0.39, 0.29) is 0 Å². The second-order valence-corrected chi connectivity index (χ2v) is 4.46. The summed E-state index contributed by atoms with van der Waals surface area (Å²) in [5.41, 5.74) is 3.64. The van der Waals surface area contributed by atoms with Crippen LogP contribution in [0.5, 0.6) is 5.75 Å². The molecule has 0 bridgehead atoms. The smallest absolute Gasteiger partial charge is 0.119 e. The number of hydrogen-bond acceptors (Lipinski definition) is 2. The maximum atomic E-state index is 5.45. The molecule has 0 spiro atoms. The molecule has 0 aliphatic carbocycles. The number of nitrogens with one attached hydrogen (secondary N) is 1.